The lowest BCUT2D eigenvalue weighted by molar-refractivity contribution is -0.909. The summed E-state index contributed by atoms with van der Waals surface area (Å²) >= 11 is 0. The second-order valence-electron chi connectivity index (χ2n) is 7.30. The second-order valence-corrected chi connectivity index (χ2v) is 9.32. The molecule has 7 heteroatoms. The third kappa shape index (κ3) is 5.41. The highest BCUT2D eigenvalue weighted by atomic mass is 32.2. The average molecular weight is 404 g/mol. The van der Waals surface area contributed by atoms with Crippen molar-refractivity contribution in [2.24, 2.45) is 0 Å². The first-order chi connectivity index (χ1) is 13.3. The van der Waals surface area contributed by atoms with Crippen LogP contribution in [0.2, 0.25) is 0 Å². The summed E-state index contributed by atoms with van der Waals surface area (Å²) in [6.45, 7) is 6.11. The van der Waals surface area contributed by atoms with Gasteiger partial charge in [0, 0.05) is 11.8 Å². The van der Waals surface area contributed by atoms with Crippen LogP contribution in [0.5, 0.6) is 0 Å². The maximum Gasteiger partial charge on any atom is 0.251 e. The molecular weight excluding hydrogens is 376 g/mol. The quantitative estimate of drug-likeness (QED) is 0.748. The van der Waals surface area contributed by atoms with E-state index < -0.39 is 9.84 Å². The van der Waals surface area contributed by atoms with E-state index in [0.29, 0.717) is 5.56 Å². The van der Waals surface area contributed by atoms with Crippen molar-refractivity contribution < 1.29 is 22.8 Å². The summed E-state index contributed by atoms with van der Waals surface area (Å²) < 4.78 is 28.7. The van der Waals surface area contributed by atoms with Gasteiger partial charge >= 0.3 is 0 Å². The average Bonchev–Trinajstić information content (AvgIpc) is 2.68. The molecule has 0 aromatic heterocycles. The molecule has 0 spiro atoms. The van der Waals surface area contributed by atoms with E-state index in [9.17, 15) is 13.2 Å². The van der Waals surface area contributed by atoms with Crippen molar-refractivity contribution in [2.45, 2.75) is 17.9 Å². The Morgan fingerprint density at radius 3 is 2.25 bits per heavy atom. The van der Waals surface area contributed by atoms with Crippen molar-refractivity contribution in [3.63, 3.8) is 0 Å². The zero-order valence-corrected chi connectivity index (χ0v) is 17.1. The Balaban J connectivity index is 1.77. The highest BCUT2D eigenvalue weighted by Gasteiger charge is 2.23. The lowest BCUT2D eigenvalue weighted by Crippen LogP contribution is -3.14. The lowest BCUT2D eigenvalue weighted by Gasteiger charge is -2.28. The molecule has 0 radical (unpaired) electrons. The molecule has 1 saturated heterocycles. The topological polar surface area (TPSA) is 76.9 Å². The van der Waals surface area contributed by atoms with Gasteiger partial charge in [-0.3, -0.25) is 4.79 Å². The first kappa shape index (κ1) is 20.5. The fraction of sp³-hybridized carbons (Fsp3) is 0.381. The van der Waals surface area contributed by atoms with Crippen LogP contribution < -0.4 is 10.2 Å². The van der Waals surface area contributed by atoms with Crippen LogP contribution in [0.1, 0.15) is 27.5 Å². The molecular formula is C21H27N2O4S+. The number of hydrogen-bond donors (Lipinski definition) is 2. The Kier molecular flexibility index (Phi) is 6.49. The van der Waals surface area contributed by atoms with Gasteiger partial charge in [-0.05, 0) is 36.8 Å². The van der Waals surface area contributed by atoms with Gasteiger partial charge in [0.25, 0.3) is 5.91 Å². The molecule has 150 valence electrons. The number of morpholine rings is 1. The standard InChI is InChI=1S/C21H26N2O4S/c1-16-3-5-17(6-4-16)20(15-23-11-13-27-14-12-23)22-21(24)18-7-9-19(10-8-18)28(2,25)26/h3-10,20H,11-15H2,1-2H3,(H,22,24)/p+1/t20-/m1/s1. The van der Waals surface area contributed by atoms with Gasteiger partial charge in [0.1, 0.15) is 25.7 Å². The highest BCUT2D eigenvalue weighted by molar-refractivity contribution is 7.90. The van der Waals surface area contributed by atoms with E-state index >= 15 is 0 Å². The van der Waals surface area contributed by atoms with Gasteiger partial charge < -0.3 is 15.0 Å². The summed E-state index contributed by atoms with van der Waals surface area (Å²) in [6.07, 6.45) is 1.15. The van der Waals surface area contributed by atoms with Gasteiger partial charge in [-0.1, -0.05) is 29.8 Å². The Bertz CT molecular complexity index is 902. The van der Waals surface area contributed by atoms with Crippen molar-refractivity contribution in [3.05, 3.63) is 65.2 Å². The molecule has 1 amide bonds. The number of rotatable bonds is 6. The number of amides is 1. The summed E-state index contributed by atoms with van der Waals surface area (Å²) in [7, 11) is -3.28. The minimum absolute atomic E-state index is 0.129. The third-order valence-electron chi connectivity index (χ3n) is 5.02. The Hall–Kier alpha value is -2.22. The van der Waals surface area contributed by atoms with E-state index in [-0.39, 0.29) is 16.8 Å². The van der Waals surface area contributed by atoms with E-state index in [4.69, 9.17) is 4.74 Å². The van der Waals surface area contributed by atoms with Gasteiger partial charge in [-0.25, -0.2) is 8.42 Å². The molecule has 2 N–H and O–H groups in total. The Labute approximate surface area is 166 Å². The third-order valence-corrected chi connectivity index (χ3v) is 6.15. The van der Waals surface area contributed by atoms with E-state index in [1.54, 1.807) is 12.1 Å². The number of benzene rings is 2. The summed E-state index contributed by atoms with van der Waals surface area (Å²) in [5.41, 5.74) is 2.68. The lowest BCUT2D eigenvalue weighted by atomic mass is 10.0. The van der Waals surface area contributed by atoms with E-state index in [0.717, 1.165) is 44.7 Å². The SMILES string of the molecule is Cc1ccc([C@@H](C[NH+]2CCOCC2)NC(=O)c2ccc(S(C)(=O)=O)cc2)cc1. The van der Waals surface area contributed by atoms with Gasteiger partial charge in [-0.15, -0.1) is 0 Å². The fourth-order valence-corrected chi connectivity index (χ4v) is 3.93. The van der Waals surface area contributed by atoms with Crippen molar-refractivity contribution in [2.75, 3.05) is 39.1 Å². The van der Waals surface area contributed by atoms with Gasteiger partial charge in [0.05, 0.1) is 18.1 Å². The largest absolute Gasteiger partial charge is 0.370 e. The number of carbonyl (C=O) groups excluding carboxylic acids is 1. The predicted molar refractivity (Wildman–Crippen MR) is 107 cm³/mol. The molecule has 1 atom stereocenters. The Morgan fingerprint density at radius 2 is 1.68 bits per heavy atom. The number of carbonyl (C=O) groups is 1. The van der Waals surface area contributed by atoms with Crippen LogP contribution >= 0.6 is 0 Å². The molecule has 0 aliphatic carbocycles. The number of nitrogens with one attached hydrogen (secondary N) is 2. The summed E-state index contributed by atoms with van der Waals surface area (Å²) in [5.74, 6) is -0.210. The molecule has 1 heterocycles. The summed E-state index contributed by atoms with van der Waals surface area (Å²) in [5, 5.41) is 3.12. The van der Waals surface area contributed by atoms with E-state index in [1.165, 1.54) is 22.6 Å². The number of aryl methyl sites for hydroxylation is 1. The fourth-order valence-electron chi connectivity index (χ4n) is 3.30. The van der Waals surface area contributed by atoms with Crippen LogP contribution in [0.3, 0.4) is 0 Å². The van der Waals surface area contributed by atoms with Crippen LogP contribution in [0, 0.1) is 6.92 Å². The molecule has 2 aromatic carbocycles. The smallest absolute Gasteiger partial charge is 0.251 e. The maximum absolute atomic E-state index is 12.8. The van der Waals surface area contributed by atoms with Gasteiger partial charge in [0.2, 0.25) is 0 Å². The predicted octanol–water partition coefficient (Wildman–Crippen LogP) is 0.785. The molecule has 1 aliphatic heterocycles. The summed E-state index contributed by atoms with van der Waals surface area (Å²) in [6, 6.07) is 14.1. The molecule has 0 unspecified atom stereocenters. The maximum atomic E-state index is 12.8. The molecule has 0 bridgehead atoms. The number of hydrogen-bond acceptors (Lipinski definition) is 4. The van der Waals surface area contributed by atoms with Crippen molar-refractivity contribution in [1.82, 2.24) is 5.32 Å². The monoisotopic (exact) mass is 403 g/mol. The second kappa shape index (κ2) is 8.86. The van der Waals surface area contributed by atoms with E-state index in [1.807, 2.05) is 31.2 Å². The summed E-state index contributed by atoms with van der Waals surface area (Å²) in [4.78, 5) is 14.4. The molecule has 6 nitrogen and oxygen atoms in total. The highest BCUT2D eigenvalue weighted by Crippen LogP contribution is 2.15. The van der Waals surface area contributed by atoms with Crippen LogP contribution in [0.15, 0.2) is 53.4 Å². The Morgan fingerprint density at radius 1 is 1.07 bits per heavy atom. The van der Waals surface area contributed by atoms with Crippen molar-refractivity contribution in [1.29, 1.82) is 0 Å². The zero-order chi connectivity index (χ0) is 20.1. The van der Waals surface area contributed by atoms with Gasteiger partial charge in [0.15, 0.2) is 9.84 Å². The van der Waals surface area contributed by atoms with Crippen LogP contribution in [-0.2, 0) is 14.6 Å². The molecule has 1 fully saturated rings. The minimum atomic E-state index is -3.28. The minimum Gasteiger partial charge on any atom is -0.370 e. The van der Waals surface area contributed by atoms with Crippen molar-refractivity contribution >= 4 is 15.7 Å². The number of sulfone groups is 1. The molecule has 28 heavy (non-hydrogen) atoms. The van der Waals surface area contributed by atoms with E-state index in [2.05, 4.69) is 5.32 Å². The number of quaternary nitrogens is 1. The van der Waals surface area contributed by atoms with Gasteiger partial charge in [-0.2, -0.15) is 0 Å². The van der Waals surface area contributed by atoms with Crippen LogP contribution in [0.4, 0.5) is 0 Å². The molecule has 1 aliphatic rings. The first-order valence-corrected chi connectivity index (χ1v) is 11.3. The van der Waals surface area contributed by atoms with Crippen LogP contribution in [0.25, 0.3) is 0 Å². The van der Waals surface area contributed by atoms with Crippen molar-refractivity contribution in [3.8, 4) is 0 Å². The number of ether oxygens (including phenoxy) is 1. The van der Waals surface area contributed by atoms with Crippen LogP contribution in [-0.4, -0.2) is 53.4 Å². The molecule has 0 saturated carbocycles. The molecule has 2 aromatic rings. The first-order valence-electron chi connectivity index (χ1n) is 9.42. The normalized spacial score (nSPS) is 16.5. The zero-order valence-electron chi connectivity index (χ0n) is 16.3. The molecule has 3 rings (SSSR count).